The lowest BCUT2D eigenvalue weighted by molar-refractivity contribution is -0.385. The lowest BCUT2D eigenvalue weighted by Crippen LogP contribution is -2.23. The van der Waals surface area contributed by atoms with Gasteiger partial charge in [0.25, 0.3) is 0 Å². The summed E-state index contributed by atoms with van der Waals surface area (Å²) in [5.74, 6) is 0.230. The van der Waals surface area contributed by atoms with Gasteiger partial charge in [-0.3, -0.25) is 10.1 Å². The highest BCUT2D eigenvalue weighted by Crippen LogP contribution is 2.31. The topological polar surface area (TPSA) is 79.4 Å². The molecule has 18 heavy (non-hydrogen) atoms. The number of methoxy groups -OCH3 is 1. The van der Waals surface area contributed by atoms with Crippen molar-refractivity contribution in [2.75, 3.05) is 25.1 Å². The van der Waals surface area contributed by atoms with Gasteiger partial charge in [-0.25, -0.2) is 0 Å². The third kappa shape index (κ3) is 3.10. The van der Waals surface area contributed by atoms with Crippen LogP contribution < -0.4 is 9.64 Å². The van der Waals surface area contributed by atoms with E-state index in [1.165, 1.54) is 13.2 Å². The average molecular weight is 249 g/mol. The van der Waals surface area contributed by atoms with Gasteiger partial charge in [0.05, 0.1) is 24.5 Å². The van der Waals surface area contributed by atoms with Gasteiger partial charge in [-0.15, -0.1) is 0 Å². The van der Waals surface area contributed by atoms with E-state index in [9.17, 15) is 10.1 Å². The zero-order chi connectivity index (χ0) is 13.5. The van der Waals surface area contributed by atoms with Crippen molar-refractivity contribution in [3.63, 3.8) is 0 Å². The first-order chi connectivity index (χ1) is 8.63. The Labute approximate surface area is 106 Å². The van der Waals surface area contributed by atoms with Crippen molar-refractivity contribution in [1.82, 2.24) is 0 Å². The molecule has 0 saturated carbocycles. The molecule has 1 aromatic rings. The first-order valence-corrected chi connectivity index (χ1v) is 5.58. The maximum absolute atomic E-state index is 10.8. The summed E-state index contributed by atoms with van der Waals surface area (Å²) in [5.41, 5.74) is 0.757. The van der Waals surface area contributed by atoms with Crippen molar-refractivity contribution >= 4 is 11.4 Å². The fourth-order valence-electron chi connectivity index (χ4n) is 1.67. The molecular weight excluding hydrogens is 234 g/mol. The summed E-state index contributed by atoms with van der Waals surface area (Å²) in [7, 11) is 1.40. The highest BCUT2D eigenvalue weighted by Gasteiger charge is 2.16. The van der Waals surface area contributed by atoms with Crippen LogP contribution in [0.4, 0.5) is 11.4 Å². The second-order valence-electron chi connectivity index (χ2n) is 3.60. The van der Waals surface area contributed by atoms with Gasteiger partial charge < -0.3 is 9.64 Å². The van der Waals surface area contributed by atoms with Gasteiger partial charge in [-0.05, 0) is 13.0 Å². The third-order valence-corrected chi connectivity index (χ3v) is 2.60. The Balaban J connectivity index is 3.03. The molecule has 0 bridgehead atoms. The molecule has 0 N–H and O–H groups in total. The standard InChI is InChI=1S/C12H15N3O3/c1-3-14(8-4-7-13)10-5-6-11(15(16)17)12(9-10)18-2/h5-6,9H,3-4,8H2,1-2H3. The number of hydrogen-bond acceptors (Lipinski definition) is 5. The minimum atomic E-state index is -0.478. The third-order valence-electron chi connectivity index (χ3n) is 2.60. The van der Waals surface area contributed by atoms with Crippen molar-refractivity contribution in [1.29, 1.82) is 5.26 Å². The maximum Gasteiger partial charge on any atom is 0.311 e. The molecule has 1 aromatic carbocycles. The zero-order valence-corrected chi connectivity index (χ0v) is 10.4. The van der Waals surface area contributed by atoms with E-state index in [-0.39, 0.29) is 11.4 Å². The first-order valence-electron chi connectivity index (χ1n) is 5.58. The van der Waals surface area contributed by atoms with Crippen LogP contribution in [0.25, 0.3) is 0 Å². The fourth-order valence-corrected chi connectivity index (χ4v) is 1.67. The highest BCUT2D eigenvalue weighted by molar-refractivity contribution is 5.59. The molecule has 0 atom stereocenters. The van der Waals surface area contributed by atoms with E-state index in [4.69, 9.17) is 10.00 Å². The molecule has 96 valence electrons. The highest BCUT2D eigenvalue weighted by atomic mass is 16.6. The van der Waals surface area contributed by atoms with E-state index in [2.05, 4.69) is 6.07 Å². The minimum Gasteiger partial charge on any atom is -0.490 e. The van der Waals surface area contributed by atoms with Gasteiger partial charge in [0.1, 0.15) is 0 Å². The predicted octanol–water partition coefficient (Wildman–Crippen LogP) is 2.34. The Hall–Kier alpha value is -2.29. The van der Waals surface area contributed by atoms with E-state index < -0.39 is 4.92 Å². The lowest BCUT2D eigenvalue weighted by atomic mass is 10.2. The van der Waals surface area contributed by atoms with Crippen LogP contribution >= 0.6 is 0 Å². The summed E-state index contributed by atoms with van der Waals surface area (Å²) < 4.78 is 5.01. The summed E-state index contributed by atoms with van der Waals surface area (Å²) in [5, 5.41) is 19.4. The second kappa shape index (κ2) is 6.45. The van der Waals surface area contributed by atoms with Crippen molar-refractivity contribution < 1.29 is 9.66 Å². The van der Waals surface area contributed by atoms with Crippen molar-refractivity contribution in [3.8, 4) is 11.8 Å². The average Bonchev–Trinajstić information content (AvgIpc) is 2.39. The van der Waals surface area contributed by atoms with Crippen LogP contribution in [0.15, 0.2) is 18.2 Å². The largest absolute Gasteiger partial charge is 0.490 e. The molecule has 0 spiro atoms. The summed E-state index contributed by atoms with van der Waals surface area (Å²) in [6, 6.07) is 6.79. The Bertz CT molecular complexity index is 468. The number of nitro groups is 1. The number of nitriles is 1. The number of anilines is 1. The van der Waals surface area contributed by atoms with Crippen molar-refractivity contribution in [3.05, 3.63) is 28.3 Å². The minimum absolute atomic E-state index is 0.0578. The number of benzene rings is 1. The number of rotatable bonds is 6. The van der Waals surface area contributed by atoms with Crippen LogP contribution in [0.1, 0.15) is 13.3 Å². The zero-order valence-electron chi connectivity index (χ0n) is 10.4. The van der Waals surface area contributed by atoms with Crippen LogP contribution in [-0.2, 0) is 0 Å². The van der Waals surface area contributed by atoms with E-state index in [0.717, 1.165) is 12.2 Å². The lowest BCUT2D eigenvalue weighted by Gasteiger charge is -2.22. The summed E-state index contributed by atoms with van der Waals surface area (Å²) in [6.07, 6.45) is 0.410. The molecule has 0 aliphatic heterocycles. The van der Waals surface area contributed by atoms with Crippen LogP contribution in [0.2, 0.25) is 0 Å². The van der Waals surface area contributed by atoms with Gasteiger partial charge in [0.15, 0.2) is 5.75 Å². The van der Waals surface area contributed by atoms with E-state index in [1.807, 2.05) is 11.8 Å². The number of ether oxygens (including phenoxy) is 1. The molecule has 0 saturated heterocycles. The molecule has 0 amide bonds. The first kappa shape index (κ1) is 13.8. The van der Waals surface area contributed by atoms with Gasteiger partial charge in [-0.2, -0.15) is 5.26 Å². The van der Waals surface area contributed by atoms with E-state index in [0.29, 0.717) is 13.0 Å². The number of nitrogens with zero attached hydrogens (tertiary/aromatic N) is 3. The molecule has 0 radical (unpaired) electrons. The molecule has 0 unspecified atom stereocenters. The smallest absolute Gasteiger partial charge is 0.311 e. The second-order valence-corrected chi connectivity index (χ2v) is 3.60. The van der Waals surface area contributed by atoms with E-state index in [1.54, 1.807) is 12.1 Å². The SMILES string of the molecule is CCN(CCC#N)c1ccc([N+](=O)[O-])c(OC)c1. The monoisotopic (exact) mass is 249 g/mol. The molecule has 6 heteroatoms. The van der Waals surface area contributed by atoms with Gasteiger partial charge in [-0.1, -0.05) is 0 Å². The normalized spacial score (nSPS) is 9.61. The van der Waals surface area contributed by atoms with Gasteiger partial charge >= 0.3 is 5.69 Å². The van der Waals surface area contributed by atoms with Crippen LogP contribution in [0, 0.1) is 21.4 Å². The fraction of sp³-hybridized carbons (Fsp3) is 0.417. The van der Waals surface area contributed by atoms with E-state index >= 15 is 0 Å². The number of nitro benzene ring substituents is 1. The van der Waals surface area contributed by atoms with Crippen molar-refractivity contribution in [2.45, 2.75) is 13.3 Å². The molecule has 6 nitrogen and oxygen atoms in total. The van der Waals surface area contributed by atoms with Crippen LogP contribution in [-0.4, -0.2) is 25.1 Å². The molecule has 0 aromatic heterocycles. The number of hydrogen-bond donors (Lipinski definition) is 0. The van der Waals surface area contributed by atoms with Crippen LogP contribution in [0.3, 0.4) is 0 Å². The van der Waals surface area contributed by atoms with Gasteiger partial charge in [0, 0.05) is 30.9 Å². The Morgan fingerprint density at radius 3 is 2.78 bits per heavy atom. The van der Waals surface area contributed by atoms with Crippen LogP contribution in [0.5, 0.6) is 5.75 Å². The molecule has 1 rings (SSSR count). The summed E-state index contributed by atoms with van der Waals surface area (Å²) in [4.78, 5) is 12.3. The summed E-state index contributed by atoms with van der Waals surface area (Å²) >= 11 is 0. The maximum atomic E-state index is 10.8. The quantitative estimate of drug-likeness (QED) is 0.571. The molecular formula is C12H15N3O3. The molecule has 0 aliphatic rings. The Kier molecular flexibility index (Phi) is 4.93. The molecule has 0 aliphatic carbocycles. The Morgan fingerprint density at radius 1 is 1.56 bits per heavy atom. The predicted molar refractivity (Wildman–Crippen MR) is 67.8 cm³/mol. The Morgan fingerprint density at radius 2 is 2.28 bits per heavy atom. The molecule has 0 heterocycles. The van der Waals surface area contributed by atoms with Crippen molar-refractivity contribution in [2.24, 2.45) is 0 Å². The van der Waals surface area contributed by atoms with Gasteiger partial charge in [0.2, 0.25) is 0 Å². The molecule has 0 fully saturated rings. The summed E-state index contributed by atoms with van der Waals surface area (Å²) in [6.45, 7) is 3.28.